The first-order valence-electron chi connectivity index (χ1n) is 6.90. The smallest absolute Gasteiger partial charge is 0.358 e. The fourth-order valence-electron chi connectivity index (χ4n) is 1.80. The average Bonchev–Trinajstić information content (AvgIpc) is 2.54. The van der Waals surface area contributed by atoms with Gasteiger partial charge < -0.3 is 9.47 Å². The Morgan fingerprint density at radius 3 is 2.48 bits per heavy atom. The SMILES string of the molecule is CCCCc1ccc(Oc2cnc(C(=O)OC)cn2)cc1. The van der Waals surface area contributed by atoms with Gasteiger partial charge in [0.15, 0.2) is 5.69 Å². The Hall–Kier alpha value is -2.43. The van der Waals surface area contributed by atoms with Crippen LogP contribution in [0.15, 0.2) is 36.7 Å². The minimum Gasteiger partial charge on any atom is -0.464 e. The molecule has 0 saturated carbocycles. The maximum atomic E-state index is 11.2. The van der Waals surface area contributed by atoms with Crippen LogP contribution < -0.4 is 4.74 Å². The molecule has 21 heavy (non-hydrogen) atoms. The number of hydrogen-bond donors (Lipinski definition) is 0. The fourth-order valence-corrected chi connectivity index (χ4v) is 1.80. The Morgan fingerprint density at radius 2 is 1.90 bits per heavy atom. The molecule has 0 bridgehead atoms. The Labute approximate surface area is 124 Å². The third kappa shape index (κ3) is 4.27. The number of carbonyl (C=O) groups excluding carboxylic acids is 1. The average molecular weight is 286 g/mol. The molecule has 0 amide bonds. The molecule has 0 atom stereocenters. The molecule has 2 rings (SSSR count). The van der Waals surface area contributed by atoms with Crippen LogP contribution in [-0.2, 0) is 11.2 Å². The highest BCUT2D eigenvalue weighted by molar-refractivity contribution is 5.86. The number of carbonyl (C=O) groups is 1. The van der Waals surface area contributed by atoms with Crippen molar-refractivity contribution in [2.24, 2.45) is 0 Å². The monoisotopic (exact) mass is 286 g/mol. The number of esters is 1. The number of benzene rings is 1. The number of methoxy groups -OCH3 is 1. The zero-order valence-corrected chi connectivity index (χ0v) is 12.2. The number of aryl methyl sites for hydroxylation is 1. The van der Waals surface area contributed by atoms with E-state index in [1.165, 1.54) is 37.9 Å². The second kappa shape index (κ2) is 7.38. The molecular formula is C16H18N2O3. The number of aromatic nitrogens is 2. The maximum Gasteiger partial charge on any atom is 0.358 e. The van der Waals surface area contributed by atoms with Gasteiger partial charge in [0, 0.05) is 0 Å². The third-order valence-corrected chi connectivity index (χ3v) is 2.99. The molecule has 0 aliphatic heterocycles. The molecule has 0 radical (unpaired) electrons. The van der Waals surface area contributed by atoms with Crippen LogP contribution >= 0.6 is 0 Å². The van der Waals surface area contributed by atoms with E-state index >= 15 is 0 Å². The van der Waals surface area contributed by atoms with Gasteiger partial charge in [-0.25, -0.2) is 14.8 Å². The van der Waals surface area contributed by atoms with Crippen LogP contribution in [-0.4, -0.2) is 23.0 Å². The minimum absolute atomic E-state index is 0.153. The molecule has 1 aromatic heterocycles. The summed E-state index contributed by atoms with van der Waals surface area (Å²) in [6.07, 6.45) is 6.17. The summed E-state index contributed by atoms with van der Waals surface area (Å²) in [6, 6.07) is 7.89. The second-order valence-electron chi connectivity index (χ2n) is 4.58. The first kappa shape index (κ1) is 15.0. The van der Waals surface area contributed by atoms with Crippen molar-refractivity contribution >= 4 is 5.97 Å². The molecule has 2 aromatic rings. The van der Waals surface area contributed by atoms with Crippen molar-refractivity contribution < 1.29 is 14.3 Å². The number of nitrogens with zero attached hydrogens (tertiary/aromatic N) is 2. The molecule has 1 heterocycles. The lowest BCUT2D eigenvalue weighted by atomic mass is 10.1. The van der Waals surface area contributed by atoms with Crippen molar-refractivity contribution in [3.63, 3.8) is 0 Å². The Bertz CT molecular complexity index is 579. The highest BCUT2D eigenvalue weighted by atomic mass is 16.5. The van der Waals surface area contributed by atoms with Gasteiger partial charge in [-0.2, -0.15) is 0 Å². The van der Waals surface area contributed by atoms with E-state index in [1.54, 1.807) is 0 Å². The van der Waals surface area contributed by atoms with Crippen molar-refractivity contribution in [2.75, 3.05) is 7.11 Å². The van der Waals surface area contributed by atoms with Crippen LogP contribution in [0.3, 0.4) is 0 Å². The van der Waals surface area contributed by atoms with Crippen molar-refractivity contribution in [1.82, 2.24) is 9.97 Å². The van der Waals surface area contributed by atoms with Gasteiger partial charge in [0.1, 0.15) is 5.75 Å². The van der Waals surface area contributed by atoms with Crippen LogP contribution in [0.1, 0.15) is 35.8 Å². The predicted molar refractivity (Wildman–Crippen MR) is 78.5 cm³/mol. The van der Waals surface area contributed by atoms with Gasteiger partial charge in [-0.1, -0.05) is 25.5 Å². The summed E-state index contributed by atoms with van der Waals surface area (Å²) in [4.78, 5) is 19.2. The summed E-state index contributed by atoms with van der Waals surface area (Å²) in [5.41, 5.74) is 1.44. The topological polar surface area (TPSA) is 61.3 Å². The molecule has 0 spiro atoms. The highest BCUT2D eigenvalue weighted by Crippen LogP contribution is 2.19. The minimum atomic E-state index is -0.519. The van der Waals surface area contributed by atoms with Gasteiger partial charge in [-0.05, 0) is 30.5 Å². The zero-order chi connectivity index (χ0) is 15.1. The molecule has 0 N–H and O–H groups in total. The van der Waals surface area contributed by atoms with E-state index in [9.17, 15) is 4.79 Å². The van der Waals surface area contributed by atoms with Crippen molar-refractivity contribution in [3.05, 3.63) is 47.9 Å². The molecule has 0 saturated heterocycles. The first-order valence-corrected chi connectivity index (χ1v) is 6.90. The number of rotatable bonds is 6. The highest BCUT2D eigenvalue weighted by Gasteiger charge is 2.08. The van der Waals surface area contributed by atoms with Crippen LogP contribution in [0, 0.1) is 0 Å². The number of hydrogen-bond acceptors (Lipinski definition) is 5. The van der Waals surface area contributed by atoms with Crippen LogP contribution in [0.5, 0.6) is 11.6 Å². The Kier molecular flexibility index (Phi) is 5.26. The van der Waals surface area contributed by atoms with Gasteiger partial charge in [-0.15, -0.1) is 0 Å². The molecule has 0 unspecified atom stereocenters. The summed E-state index contributed by atoms with van der Waals surface area (Å²) in [7, 11) is 1.30. The molecule has 0 fully saturated rings. The van der Waals surface area contributed by atoms with Gasteiger partial charge in [0.2, 0.25) is 5.88 Å². The molecule has 110 valence electrons. The Balaban J connectivity index is 1.99. The summed E-state index contributed by atoms with van der Waals surface area (Å²) >= 11 is 0. The second-order valence-corrected chi connectivity index (χ2v) is 4.58. The van der Waals surface area contributed by atoms with Crippen LogP contribution in [0.2, 0.25) is 0 Å². The van der Waals surface area contributed by atoms with Gasteiger partial charge in [0.25, 0.3) is 0 Å². The summed E-state index contributed by atoms with van der Waals surface area (Å²) in [5, 5.41) is 0. The van der Waals surface area contributed by atoms with E-state index in [0.717, 1.165) is 6.42 Å². The van der Waals surface area contributed by atoms with E-state index in [4.69, 9.17) is 4.74 Å². The lowest BCUT2D eigenvalue weighted by Gasteiger charge is -2.06. The first-order chi connectivity index (χ1) is 10.2. The molecule has 0 aliphatic rings. The summed E-state index contributed by atoms with van der Waals surface area (Å²) in [5.74, 6) is 0.508. The molecule has 1 aromatic carbocycles. The number of ether oxygens (including phenoxy) is 2. The lowest BCUT2D eigenvalue weighted by molar-refractivity contribution is 0.0593. The molecular weight excluding hydrogens is 268 g/mol. The van der Waals surface area contributed by atoms with E-state index in [1.807, 2.05) is 24.3 Å². The number of unbranched alkanes of at least 4 members (excludes halogenated alkanes) is 1. The predicted octanol–water partition coefficient (Wildman–Crippen LogP) is 3.40. The van der Waals surface area contributed by atoms with Gasteiger partial charge in [-0.3, -0.25) is 0 Å². The lowest BCUT2D eigenvalue weighted by Crippen LogP contribution is -2.04. The maximum absolute atomic E-state index is 11.2. The van der Waals surface area contributed by atoms with E-state index in [0.29, 0.717) is 11.6 Å². The molecule has 5 nitrogen and oxygen atoms in total. The van der Waals surface area contributed by atoms with Crippen LogP contribution in [0.25, 0.3) is 0 Å². The zero-order valence-electron chi connectivity index (χ0n) is 12.2. The van der Waals surface area contributed by atoms with Gasteiger partial charge >= 0.3 is 5.97 Å². The third-order valence-electron chi connectivity index (χ3n) is 2.99. The Morgan fingerprint density at radius 1 is 1.14 bits per heavy atom. The van der Waals surface area contributed by atoms with E-state index in [-0.39, 0.29) is 5.69 Å². The standard InChI is InChI=1S/C16H18N2O3/c1-3-4-5-12-6-8-13(9-7-12)21-15-11-17-14(10-18-15)16(19)20-2/h6-11H,3-5H2,1-2H3. The van der Waals surface area contributed by atoms with Crippen molar-refractivity contribution in [1.29, 1.82) is 0 Å². The quantitative estimate of drug-likeness (QED) is 0.762. The van der Waals surface area contributed by atoms with Crippen molar-refractivity contribution in [3.8, 4) is 11.6 Å². The molecule has 5 heteroatoms. The fraction of sp³-hybridized carbons (Fsp3) is 0.312. The van der Waals surface area contributed by atoms with Crippen LogP contribution in [0.4, 0.5) is 0 Å². The summed E-state index contributed by atoms with van der Waals surface area (Å²) in [6.45, 7) is 2.17. The normalized spacial score (nSPS) is 10.2. The van der Waals surface area contributed by atoms with E-state index in [2.05, 4.69) is 21.6 Å². The largest absolute Gasteiger partial charge is 0.464 e. The summed E-state index contributed by atoms with van der Waals surface area (Å²) < 4.78 is 10.1. The molecule has 0 aliphatic carbocycles. The van der Waals surface area contributed by atoms with E-state index < -0.39 is 5.97 Å². The van der Waals surface area contributed by atoms with Crippen molar-refractivity contribution in [2.45, 2.75) is 26.2 Å². The van der Waals surface area contributed by atoms with Gasteiger partial charge in [0.05, 0.1) is 19.5 Å².